The second kappa shape index (κ2) is 10.5. The highest BCUT2D eigenvalue weighted by Crippen LogP contribution is 2.36. The summed E-state index contributed by atoms with van der Waals surface area (Å²) in [5.41, 5.74) is 2.25. The number of piperazine rings is 1. The van der Waals surface area contributed by atoms with Crippen LogP contribution in [0, 0.1) is 0 Å². The average Bonchev–Trinajstić information content (AvgIpc) is 3.41. The third-order valence-corrected chi connectivity index (χ3v) is 7.51. The quantitative estimate of drug-likeness (QED) is 0.444. The number of amides is 3. The van der Waals surface area contributed by atoms with Crippen LogP contribution in [0.25, 0.3) is 0 Å². The molecule has 0 atom stereocenters. The number of para-hydroxylation sites is 1. The molecule has 2 heterocycles. The number of urea groups is 1. The fourth-order valence-electron chi connectivity index (χ4n) is 4.53. The van der Waals surface area contributed by atoms with Crippen molar-refractivity contribution in [3.05, 3.63) is 82.6 Å². The lowest BCUT2D eigenvalue weighted by Crippen LogP contribution is -2.53. The first kappa shape index (κ1) is 23.4. The molecule has 3 aromatic rings. The highest BCUT2D eigenvalue weighted by molar-refractivity contribution is 7.09. The summed E-state index contributed by atoms with van der Waals surface area (Å²) < 4.78 is 0. The predicted octanol–water partition coefficient (Wildman–Crippen LogP) is 4.15. The number of hydrogen-bond acceptors (Lipinski definition) is 5. The van der Waals surface area contributed by atoms with Crippen molar-refractivity contribution in [2.24, 2.45) is 0 Å². The Balaban J connectivity index is 1.09. The van der Waals surface area contributed by atoms with Gasteiger partial charge in [0, 0.05) is 54.5 Å². The molecule has 5 rings (SSSR count). The normalized spacial score (nSPS) is 17.0. The number of thiophene rings is 1. The van der Waals surface area contributed by atoms with Crippen molar-refractivity contribution < 1.29 is 9.59 Å². The third-order valence-electron chi connectivity index (χ3n) is 6.64. The molecule has 182 valence electrons. The summed E-state index contributed by atoms with van der Waals surface area (Å²) in [5.74, 6) is -0.157. The minimum absolute atomic E-state index is 0.157. The molecule has 1 saturated heterocycles. The van der Waals surface area contributed by atoms with Crippen molar-refractivity contribution in [2.45, 2.75) is 24.9 Å². The van der Waals surface area contributed by atoms with Gasteiger partial charge in [0.15, 0.2) is 0 Å². The van der Waals surface area contributed by atoms with E-state index in [1.807, 2.05) is 23.6 Å². The molecule has 2 aliphatic rings. The fourth-order valence-corrected chi connectivity index (χ4v) is 5.17. The number of hydrogen-bond donors (Lipinski definition) is 3. The highest BCUT2D eigenvalue weighted by atomic mass is 32.1. The van der Waals surface area contributed by atoms with Gasteiger partial charge in [0.25, 0.3) is 5.91 Å². The molecule has 3 amide bonds. The van der Waals surface area contributed by atoms with E-state index in [9.17, 15) is 9.59 Å². The molecule has 0 spiro atoms. The highest BCUT2D eigenvalue weighted by Gasteiger charge is 2.45. The monoisotopic (exact) mass is 489 g/mol. The first-order chi connectivity index (χ1) is 17.1. The van der Waals surface area contributed by atoms with E-state index in [2.05, 4.69) is 50.0 Å². The lowest BCUT2D eigenvalue weighted by Gasteiger charge is -2.38. The average molecular weight is 490 g/mol. The summed E-state index contributed by atoms with van der Waals surface area (Å²) in [5, 5.41) is 11.0. The van der Waals surface area contributed by atoms with Crippen LogP contribution in [0.5, 0.6) is 0 Å². The van der Waals surface area contributed by atoms with Gasteiger partial charge in [0.2, 0.25) is 0 Å². The number of anilines is 2. The van der Waals surface area contributed by atoms with Crippen LogP contribution in [-0.4, -0.2) is 55.1 Å². The zero-order valence-corrected chi connectivity index (χ0v) is 20.5. The van der Waals surface area contributed by atoms with Gasteiger partial charge in [0.05, 0.1) is 12.1 Å². The van der Waals surface area contributed by atoms with Gasteiger partial charge in [-0.1, -0.05) is 30.3 Å². The molecular weight excluding hydrogens is 458 g/mol. The summed E-state index contributed by atoms with van der Waals surface area (Å²) >= 11 is 1.61. The number of nitrogens with zero attached hydrogens (tertiary/aromatic N) is 2. The van der Waals surface area contributed by atoms with Crippen LogP contribution in [0.15, 0.2) is 72.1 Å². The maximum atomic E-state index is 12.8. The summed E-state index contributed by atoms with van der Waals surface area (Å²) in [7, 11) is 0. The van der Waals surface area contributed by atoms with Gasteiger partial charge in [-0.3, -0.25) is 9.69 Å². The van der Waals surface area contributed by atoms with Crippen LogP contribution in [0.4, 0.5) is 16.2 Å². The molecule has 0 bridgehead atoms. The van der Waals surface area contributed by atoms with Crippen molar-refractivity contribution in [1.82, 2.24) is 15.5 Å². The van der Waals surface area contributed by atoms with E-state index < -0.39 is 0 Å². The van der Waals surface area contributed by atoms with E-state index in [-0.39, 0.29) is 17.5 Å². The molecule has 1 aliphatic carbocycles. The lowest BCUT2D eigenvalue weighted by molar-refractivity contribution is 0.0951. The molecular formula is C27H31N5O2S. The van der Waals surface area contributed by atoms with Gasteiger partial charge >= 0.3 is 6.03 Å². The third kappa shape index (κ3) is 6.21. The Labute approximate surface area is 210 Å². The molecule has 0 unspecified atom stereocenters. The molecule has 2 aromatic carbocycles. The molecule has 0 radical (unpaired) electrons. The molecule has 1 saturated carbocycles. The van der Waals surface area contributed by atoms with Gasteiger partial charge in [0.1, 0.15) is 0 Å². The lowest BCUT2D eigenvalue weighted by atomic mass is 10.2. The summed E-state index contributed by atoms with van der Waals surface area (Å²) in [6.45, 7) is 5.33. The number of benzene rings is 2. The Morgan fingerprint density at radius 2 is 1.71 bits per heavy atom. The molecule has 8 heteroatoms. The van der Waals surface area contributed by atoms with E-state index in [1.165, 1.54) is 5.69 Å². The van der Waals surface area contributed by atoms with Crippen LogP contribution in [0.1, 0.15) is 28.1 Å². The topological polar surface area (TPSA) is 76.7 Å². The number of rotatable bonds is 8. The van der Waals surface area contributed by atoms with Gasteiger partial charge in [-0.2, -0.15) is 0 Å². The maximum absolute atomic E-state index is 12.8. The van der Waals surface area contributed by atoms with Crippen molar-refractivity contribution in [2.75, 3.05) is 42.9 Å². The number of carbonyl (C=O) groups is 2. The standard InChI is InChI=1S/C27H31N5O2S/c33-25(28-19-24-10-5-17-35-24)21-6-4-7-22(18-21)29-26(34)30-27(11-12-27)20-31-13-15-32(16-14-31)23-8-2-1-3-9-23/h1-10,17-18H,11-16,19-20H2,(H,28,33)(H2,29,30,34). The van der Waals surface area contributed by atoms with Crippen LogP contribution in [-0.2, 0) is 6.54 Å². The van der Waals surface area contributed by atoms with Crippen LogP contribution in [0.3, 0.4) is 0 Å². The van der Waals surface area contributed by atoms with Crippen LogP contribution < -0.4 is 20.9 Å². The Morgan fingerprint density at radius 1 is 0.914 bits per heavy atom. The van der Waals surface area contributed by atoms with Crippen molar-refractivity contribution in [3.8, 4) is 0 Å². The van der Waals surface area contributed by atoms with Crippen LogP contribution >= 0.6 is 11.3 Å². The molecule has 2 fully saturated rings. The Morgan fingerprint density at radius 3 is 2.43 bits per heavy atom. The van der Waals surface area contributed by atoms with Gasteiger partial charge in [-0.25, -0.2) is 4.79 Å². The summed E-state index contributed by atoms with van der Waals surface area (Å²) in [6.07, 6.45) is 1.98. The second-order valence-corrected chi connectivity index (χ2v) is 10.3. The predicted molar refractivity (Wildman–Crippen MR) is 141 cm³/mol. The molecule has 7 nitrogen and oxygen atoms in total. The van der Waals surface area contributed by atoms with Gasteiger partial charge < -0.3 is 20.9 Å². The van der Waals surface area contributed by atoms with Gasteiger partial charge in [-0.15, -0.1) is 11.3 Å². The van der Waals surface area contributed by atoms with Crippen molar-refractivity contribution >= 4 is 34.6 Å². The van der Waals surface area contributed by atoms with E-state index in [0.717, 1.165) is 50.4 Å². The van der Waals surface area contributed by atoms with E-state index in [0.29, 0.717) is 17.8 Å². The summed E-state index contributed by atoms with van der Waals surface area (Å²) in [4.78, 5) is 31.2. The zero-order chi connectivity index (χ0) is 24.1. The fraction of sp³-hybridized carbons (Fsp3) is 0.333. The van der Waals surface area contributed by atoms with E-state index in [1.54, 1.807) is 35.6 Å². The van der Waals surface area contributed by atoms with Crippen molar-refractivity contribution in [3.63, 3.8) is 0 Å². The van der Waals surface area contributed by atoms with E-state index >= 15 is 0 Å². The van der Waals surface area contributed by atoms with Crippen molar-refractivity contribution in [1.29, 1.82) is 0 Å². The van der Waals surface area contributed by atoms with Gasteiger partial charge in [-0.05, 0) is 54.6 Å². The first-order valence-corrected chi connectivity index (χ1v) is 13.0. The number of nitrogens with one attached hydrogen (secondary N) is 3. The SMILES string of the molecule is O=C(Nc1cccc(C(=O)NCc2cccs2)c1)NC1(CN2CCN(c3ccccc3)CC2)CC1. The maximum Gasteiger partial charge on any atom is 0.319 e. The zero-order valence-electron chi connectivity index (χ0n) is 19.7. The Kier molecular flexibility index (Phi) is 7.01. The van der Waals surface area contributed by atoms with E-state index in [4.69, 9.17) is 0 Å². The second-order valence-electron chi connectivity index (χ2n) is 9.30. The first-order valence-electron chi connectivity index (χ1n) is 12.1. The Bertz CT molecular complexity index is 1140. The van der Waals surface area contributed by atoms with Crippen LogP contribution in [0.2, 0.25) is 0 Å². The summed E-state index contributed by atoms with van der Waals surface area (Å²) in [6, 6.07) is 21.3. The molecule has 35 heavy (non-hydrogen) atoms. The molecule has 1 aliphatic heterocycles. The molecule has 1 aromatic heterocycles. The minimum atomic E-state index is -0.221. The Hall–Kier alpha value is -3.36. The smallest absolute Gasteiger partial charge is 0.319 e. The molecule has 3 N–H and O–H groups in total. The largest absolute Gasteiger partial charge is 0.369 e. The minimum Gasteiger partial charge on any atom is -0.369 e. The number of carbonyl (C=O) groups excluding carboxylic acids is 2.